The zero-order valence-corrected chi connectivity index (χ0v) is 14.4. The van der Waals surface area contributed by atoms with Crippen LogP contribution in [0.25, 0.3) is 0 Å². The molecule has 1 fully saturated rings. The average Bonchev–Trinajstić information content (AvgIpc) is 2.80. The molecule has 1 aromatic rings. The van der Waals surface area contributed by atoms with E-state index in [0.29, 0.717) is 21.5 Å². The molecule has 1 saturated heterocycles. The van der Waals surface area contributed by atoms with E-state index >= 15 is 0 Å². The molecule has 23 heavy (non-hydrogen) atoms. The lowest BCUT2D eigenvalue weighted by Crippen LogP contribution is -2.40. The maximum Gasteiger partial charge on any atom is 0.338 e. The SMILES string of the molecule is COC(=O)C1=C(C)N=C2S[C@@H](C)C(=O)N2[C@H]1c1ccc(Cl)cc1. The number of rotatable bonds is 2. The molecule has 7 heteroatoms. The summed E-state index contributed by atoms with van der Waals surface area (Å²) < 4.78 is 4.91. The Morgan fingerprint density at radius 2 is 2.00 bits per heavy atom. The molecular weight excluding hydrogens is 336 g/mol. The van der Waals surface area contributed by atoms with Crippen molar-refractivity contribution in [2.45, 2.75) is 25.1 Å². The van der Waals surface area contributed by atoms with Crippen molar-refractivity contribution in [3.8, 4) is 0 Å². The van der Waals surface area contributed by atoms with E-state index in [2.05, 4.69) is 4.99 Å². The van der Waals surface area contributed by atoms with Crippen LogP contribution in [-0.2, 0) is 14.3 Å². The second kappa shape index (κ2) is 6.02. The monoisotopic (exact) mass is 350 g/mol. The van der Waals surface area contributed by atoms with Crippen LogP contribution < -0.4 is 0 Å². The Hall–Kier alpha value is -1.79. The highest BCUT2D eigenvalue weighted by atomic mass is 35.5. The number of hydrogen-bond donors (Lipinski definition) is 0. The van der Waals surface area contributed by atoms with Crippen molar-refractivity contribution in [2.24, 2.45) is 4.99 Å². The summed E-state index contributed by atoms with van der Waals surface area (Å²) in [5, 5.41) is 0.982. The number of methoxy groups -OCH3 is 1. The molecule has 1 aromatic carbocycles. The minimum absolute atomic E-state index is 0.0670. The number of allylic oxidation sites excluding steroid dienone is 1. The van der Waals surface area contributed by atoms with Crippen molar-refractivity contribution in [1.29, 1.82) is 0 Å². The molecule has 0 spiro atoms. The molecule has 1 amide bonds. The number of benzene rings is 1. The van der Waals surface area contributed by atoms with E-state index < -0.39 is 12.0 Å². The molecular formula is C16H15ClN2O3S. The van der Waals surface area contributed by atoms with Crippen LogP contribution in [0.15, 0.2) is 40.5 Å². The number of aliphatic imine (C=N–C) groups is 1. The number of halogens is 1. The van der Waals surface area contributed by atoms with Crippen LogP contribution >= 0.6 is 23.4 Å². The Balaban J connectivity index is 2.17. The van der Waals surface area contributed by atoms with Crippen LogP contribution in [0.2, 0.25) is 5.02 Å². The van der Waals surface area contributed by atoms with Crippen LogP contribution in [0.1, 0.15) is 25.5 Å². The van der Waals surface area contributed by atoms with Crippen molar-refractivity contribution in [1.82, 2.24) is 4.90 Å². The summed E-state index contributed by atoms with van der Waals surface area (Å²) in [6.45, 7) is 3.59. The van der Waals surface area contributed by atoms with E-state index in [9.17, 15) is 9.59 Å². The van der Waals surface area contributed by atoms with E-state index in [1.807, 2.05) is 19.1 Å². The predicted octanol–water partition coefficient (Wildman–Crippen LogP) is 3.16. The minimum Gasteiger partial charge on any atom is -0.466 e. The number of nitrogens with zero attached hydrogens (tertiary/aromatic N) is 2. The molecule has 2 aliphatic rings. The molecule has 0 saturated carbocycles. The molecule has 2 atom stereocenters. The van der Waals surface area contributed by atoms with Gasteiger partial charge in [-0.15, -0.1) is 0 Å². The van der Waals surface area contributed by atoms with E-state index in [1.165, 1.54) is 18.9 Å². The van der Waals surface area contributed by atoms with Crippen molar-refractivity contribution in [3.63, 3.8) is 0 Å². The quantitative estimate of drug-likeness (QED) is 0.769. The fourth-order valence-corrected chi connectivity index (χ4v) is 3.89. The number of ether oxygens (including phenoxy) is 1. The van der Waals surface area contributed by atoms with Gasteiger partial charge < -0.3 is 4.74 Å². The third-order valence-electron chi connectivity index (χ3n) is 3.85. The van der Waals surface area contributed by atoms with E-state index in [1.54, 1.807) is 24.0 Å². The van der Waals surface area contributed by atoms with Crippen LogP contribution in [-0.4, -0.2) is 34.3 Å². The number of carbonyl (C=O) groups is 2. The summed E-state index contributed by atoms with van der Waals surface area (Å²) in [6.07, 6.45) is 0. The fraction of sp³-hybridized carbons (Fsp3) is 0.312. The first-order valence-corrected chi connectivity index (χ1v) is 8.32. The van der Waals surface area contributed by atoms with Crippen molar-refractivity contribution in [3.05, 3.63) is 46.1 Å². The molecule has 3 rings (SSSR count). The van der Waals surface area contributed by atoms with E-state index in [4.69, 9.17) is 16.3 Å². The molecule has 0 radical (unpaired) electrons. The number of amides is 1. The lowest BCUT2D eigenvalue weighted by Gasteiger charge is -2.32. The number of hydrogen-bond acceptors (Lipinski definition) is 5. The van der Waals surface area contributed by atoms with E-state index in [-0.39, 0.29) is 11.2 Å². The van der Waals surface area contributed by atoms with Crippen molar-refractivity contribution < 1.29 is 14.3 Å². The Morgan fingerprint density at radius 1 is 1.35 bits per heavy atom. The summed E-state index contributed by atoms with van der Waals surface area (Å²) in [7, 11) is 1.32. The summed E-state index contributed by atoms with van der Waals surface area (Å²) in [5.74, 6) is -0.551. The third kappa shape index (κ3) is 2.66. The molecule has 0 bridgehead atoms. The Labute approximate surface area is 143 Å². The van der Waals surface area contributed by atoms with Gasteiger partial charge in [0.05, 0.1) is 29.7 Å². The lowest BCUT2D eigenvalue weighted by molar-refractivity contribution is -0.137. The van der Waals surface area contributed by atoms with Gasteiger partial charge in [0.1, 0.15) is 0 Å². The highest BCUT2D eigenvalue weighted by Gasteiger charge is 2.46. The molecule has 2 heterocycles. The van der Waals surface area contributed by atoms with Crippen LogP contribution in [0.5, 0.6) is 0 Å². The Kier molecular flexibility index (Phi) is 4.21. The topological polar surface area (TPSA) is 59.0 Å². The standard InChI is InChI=1S/C16H15ClN2O3S/c1-8-12(15(21)22-3)13(10-4-6-11(17)7-5-10)19-14(20)9(2)23-16(19)18-8/h4-7,9,13H,1-3H3/t9-,13-/m0/s1. The number of carbonyl (C=O) groups excluding carboxylic acids is 2. The number of amidine groups is 1. The summed E-state index contributed by atoms with van der Waals surface area (Å²) in [4.78, 5) is 30.9. The number of esters is 1. The van der Waals surface area contributed by atoms with Gasteiger partial charge in [-0.3, -0.25) is 9.69 Å². The van der Waals surface area contributed by atoms with Gasteiger partial charge in [-0.1, -0.05) is 35.5 Å². The van der Waals surface area contributed by atoms with E-state index in [0.717, 1.165) is 5.56 Å². The first-order chi connectivity index (χ1) is 10.9. The summed E-state index contributed by atoms with van der Waals surface area (Å²) >= 11 is 7.35. The molecule has 0 unspecified atom stereocenters. The van der Waals surface area contributed by atoms with Gasteiger partial charge in [-0.2, -0.15) is 0 Å². The highest BCUT2D eigenvalue weighted by Crippen LogP contribution is 2.43. The number of fused-ring (bicyclic) bond motifs is 1. The van der Waals surface area contributed by atoms with Gasteiger partial charge in [0, 0.05) is 5.02 Å². The number of thioether (sulfide) groups is 1. The molecule has 0 N–H and O–H groups in total. The molecule has 120 valence electrons. The van der Waals surface area contributed by atoms with Gasteiger partial charge in [-0.05, 0) is 31.5 Å². The zero-order valence-electron chi connectivity index (χ0n) is 12.9. The minimum atomic E-state index is -0.544. The largest absolute Gasteiger partial charge is 0.466 e. The van der Waals surface area contributed by atoms with Crippen LogP contribution in [0, 0.1) is 0 Å². The molecule has 5 nitrogen and oxygen atoms in total. The Bertz CT molecular complexity index is 742. The lowest BCUT2D eigenvalue weighted by atomic mass is 9.94. The first kappa shape index (κ1) is 16.1. The Morgan fingerprint density at radius 3 is 2.61 bits per heavy atom. The van der Waals surface area contributed by atoms with Gasteiger partial charge >= 0.3 is 5.97 Å². The maximum atomic E-state index is 12.6. The molecule has 0 aliphatic carbocycles. The molecule has 0 aromatic heterocycles. The summed E-state index contributed by atoms with van der Waals surface area (Å²) in [5.41, 5.74) is 1.74. The highest BCUT2D eigenvalue weighted by molar-refractivity contribution is 8.15. The van der Waals surface area contributed by atoms with Crippen LogP contribution in [0.3, 0.4) is 0 Å². The molecule has 2 aliphatic heterocycles. The van der Waals surface area contributed by atoms with Gasteiger partial charge in [0.15, 0.2) is 5.17 Å². The van der Waals surface area contributed by atoms with Crippen molar-refractivity contribution in [2.75, 3.05) is 7.11 Å². The van der Waals surface area contributed by atoms with Gasteiger partial charge in [-0.25, -0.2) is 9.79 Å². The maximum absolute atomic E-state index is 12.6. The summed E-state index contributed by atoms with van der Waals surface area (Å²) in [6, 6.07) is 6.56. The zero-order chi connectivity index (χ0) is 16.7. The van der Waals surface area contributed by atoms with Gasteiger partial charge in [0.2, 0.25) is 5.91 Å². The average molecular weight is 351 g/mol. The van der Waals surface area contributed by atoms with Crippen molar-refractivity contribution >= 4 is 40.4 Å². The fourth-order valence-electron chi connectivity index (χ4n) is 2.73. The van der Waals surface area contributed by atoms with Crippen LogP contribution in [0.4, 0.5) is 0 Å². The smallest absolute Gasteiger partial charge is 0.338 e. The second-order valence-electron chi connectivity index (χ2n) is 5.31. The third-order valence-corrected chi connectivity index (χ3v) is 5.16. The second-order valence-corrected chi connectivity index (χ2v) is 7.05. The van der Waals surface area contributed by atoms with Gasteiger partial charge in [0.25, 0.3) is 0 Å². The predicted molar refractivity (Wildman–Crippen MR) is 90.2 cm³/mol. The normalized spacial score (nSPS) is 23.7. The first-order valence-electron chi connectivity index (χ1n) is 7.07.